The molecule has 0 radical (unpaired) electrons. The van der Waals surface area contributed by atoms with Gasteiger partial charge in [-0.05, 0) is 43.9 Å². The molecule has 2 N–H and O–H groups in total. The van der Waals surface area contributed by atoms with Crippen LogP contribution < -0.4 is 10.6 Å². The van der Waals surface area contributed by atoms with E-state index < -0.39 is 0 Å². The van der Waals surface area contributed by atoms with Gasteiger partial charge in [-0.15, -0.1) is 0 Å². The summed E-state index contributed by atoms with van der Waals surface area (Å²) in [5.41, 5.74) is 8.09. The highest BCUT2D eigenvalue weighted by Crippen LogP contribution is 2.35. The van der Waals surface area contributed by atoms with Crippen LogP contribution in [0.1, 0.15) is 24.8 Å². The fourth-order valence-electron chi connectivity index (χ4n) is 2.27. The van der Waals surface area contributed by atoms with Gasteiger partial charge in [-0.1, -0.05) is 23.7 Å². The van der Waals surface area contributed by atoms with Gasteiger partial charge in [0.1, 0.15) is 0 Å². The molecule has 0 heterocycles. The second kappa shape index (κ2) is 5.07. The summed E-state index contributed by atoms with van der Waals surface area (Å²) in [6, 6.07) is 6.76. The molecule has 0 amide bonds. The normalized spacial score (nSPS) is 15.9. The molecule has 1 aromatic rings. The Kier molecular flexibility index (Phi) is 3.72. The lowest BCUT2D eigenvalue weighted by Gasteiger charge is -2.38. The first kappa shape index (κ1) is 11.7. The highest BCUT2D eigenvalue weighted by atomic mass is 35.5. The van der Waals surface area contributed by atoms with Crippen LogP contribution in [0.5, 0.6) is 0 Å². The van der Waals surface area contributed by atoms with Crippen molar-refractivity contribution < 1.29 is 0 Å². The lowest BCUT2D eigenvalue weighted by atomic mass is 9.91. The SMILES string of the molecule is CN(c1c(Cl)cccc1CCN)C1CCC1. The quantitative estimate of drug-likeness (QED) is 0.874. The number of benzene rings is 1. The fourth-order valence-corrected chi connectivity index (χ4v) is 2.60. The zero-order valence-corrected chi connectivity index (χ0v) is 10.5. The van der Waals surface area contributed by atoms with Crippen molar-refractivity contribution in [2.45, 2.75) is 31.7 Å². The summed E-state index contributed by atoms with van der Waals surface area (Å²) < 4.78 is 0. The second-order valence-corrected chi connectivity index (χ2v) is 4.89. The summed E-state index contributed by atoms with van der Waals surface area (Å²) in [6.45, 7) is 0.672. The Morgan fingerprint density at radius 1 is 1.44 bits per heavy atom. The van der Waals surface area contributed by atoms with Gasteiger partial charge in [0.2, 0.25) is 0 Å². The maximum absolute atomic E-state index is 6.30. The molecule has 16 heavy (non-hydrogen) atoms. The van der Waals surface area contributed by atoms with Gasteiger partial charge in [0.25, 0.3) is 0 Å². The van der Waals surface area contributed by atoms with Crippen LogP contribution >= 0.6 is 11.6 Å². The predicted octanol–water partition coefficient (Wildman–Crippen LogP) is 2.83. The molecule has 1 saturated carbocycles. The molecular formula is C13H19ClN2. The van der Waals surface area contributed by atoms with Crippen LogP contribution in [0.4, 0.5) is 5.69 Å². The van der Waals surface area contributed by atoms with Gasteiger partial charge in [0.05, 0.1) is 10.7 Å². The lowest BCUT2D eigenvalue weighted by Crippen LogP contribution is -2.37. The summed E-state index contributed by atoms with van der Waals surface area (Å²) in [5, 5.41) is 0.848. The van der Waals surface area contributed by atoms with Crippen molar-refractivity contribution in [3.8, 4) is 0 Å². The highest BCUT2D eigenvalue weighted by molar-refractivity contribution is 6.33. The molecule has 0 bridgehead atoms. The standard InChI is InChI=1S/C13H19ClN2/c1-16(11-5-3-6-11)13-10(8-9-15)4-2-7-12(13)14/h2,4,7,11H,3,5-6,8-9,15H2,1H3. The van der Waals surface area contributed by atoms with Crippen molar-refractivity contribution in [2.24, 2.45) is 5.73 Å². The van der Waals surface area contributed by atoms with Crippen LogP contribution in [0.2, 0.25) is 5.02 Å². The molecule has 0 spiro atoms. The Morgan fingerprint density at radius 2 is 2.19 bits per heavy atom. The van der Waals surface area contributed by atoms with Crippen molar-refractivity contribution in [3.63, 3.8) is 0 Å². The first-order valence-corrected chi connectivity index (χ1v) is 6.32. The molecule has 2 rings (SSSR count). The van der Waals surface area contributed by atoms with Gasteiger partial charge in [-0.3, -0.25) is 0 Å². The van der Waals surface area contributed by atoms with Crippen LogP contribution in [0, 0.1) is 0 Å². The third-order valence-corrected chi connectivity index (χ3v) is 3.76. The van der Waals surface area contributed by atoms with E-state index in [0.29, 0.717) is 12.6 Å². The minimum absolute atomic E-state index is 0.663. The van der Waals surface area contributed by atoms with Gasteiger partial charge in [0, 0.05) is 13.1 Å². The van der Waals surface area contributed by atoms with Crippen LogP contribution in [0.25, 0.3) is 0 Å². The largest absolute Gasteiger partial charge is 0.370 e. The van der Waals surface area contributed by atoms with Gasteiger partial charge in [-0.2, -0.15) is 0 Å². The summed E-state index contributed by atoms with van der Waals surface area (Å²) in [7, 11) is 2.14. The minimum Gasteiger partial charge on any atom is -0.370 e. The van der Waals surface area contributed by atoms with E-state index in [1.165, 1.54) is 30.5 Å². The van der Waals surface area contributed by atoms with Crippen molar-refractivity contribution >= 4 is 17.3 Å². The van der Waals surface area contributed by atoms with Crippen molar-refractivity contribution in [1.82, 2.24) is 0 Å². The average Bonchev–Trinajstić information content (AvgIpc) is 2.15. The Labute approximate surface area is 102 Å². The number of nitrogens with two attached hydrogens (primary N) is 1. The van der Waals surface area contributed by atoms with E-state index in [1.807, 2.05) is 12.1 Å². The number of hydrogen-bond acceptors (Lipinski definition) is 2. The Balaban J connectivity index is 2.28. The predicted molar refractivity (Wildman–Crippen MR) is 70.3 cm³/mol. The molecule has 88 valence electrons. The van der Waals surface area contributed by atoms with Crippen molar-refractivity contribution in [3.05, 3.63) is 28.8 Å². The molecule has 1 aliphatic rings. The van der Waals surface area contributed by atoms with Crippen LogP contribution in [-0.4, -0.2) is 19.6 Å². The lowest BCUT2D eigenvalue weighted by molar-refractivity contribution is 0.400. The summed E-state index contributed by atoms with van der Waals surface area (Å²) in [4.78, 5) is 2.33. The third kappa shape index (κ3) is 2.18. The molecule has 0 saturated heterocycles. The van der Waals surface area contributed by atoms with Crippen LogP contribution in [0.3, 0.4) is 0 Å². The highest BCUT2D eigenvalue weighted by Gasteiger charge is 2.24. The Morgan fingerprint density at radius 3 is 2.75 bits per heavy atom. The van der Waals surface area contributed by atoms with Gasteiger partial charge < -0.3 is 10.6 Å². The van der Waals surface area contributed by atoms with E-state index in [-0.39, 0.29) is 0 Å². The van der Waals surface area contributed by atoms with E-state index in [9.17, 15) is 0 Å². The molecule has 1 aliphatic carbocycles. The number of anilines is 1. The number of halogens is 1. The summed E-state index contributed by atoms with van der Waals surface area (Å²) in [5.74, 6) is 0. The molecule has 2 nitrogen and oxygen atoms in total. The number of hydrogen-bond donors (Lipinski definition) is 1. The monoisotopic (exact) mass is 238 g/mol. The van der Waals surface area contributed by atoms with E-state index in [2.05, 4.69) is 18.0 Å². The molecule has 1 fully saturated rings. The van der Waals surface area contributed by atoms with E-state index in [4.69, 9.17) is 17.3 Å². The zero-order valence-electron chi connectivity index (χ0n) is 9.75. The van der Waals surface area contributed by atoms with E-state index in [1.54, 1.807) is 0 Å². The number of para-hydroxylation sites is 1. The molecule has 0 atom stereocenters. The topological polar surface area (TPSA) is 29.3 Å². The van der Waals surface area contributed by atoms with Crippen LogP contribution in [-0.2, 0) is 6.42 Å². The fraction of sp³-hybridized carbons (Fsp3) is 0.538. The van der Waals surface area contributed by atoms with Gasteiger partial charge >= 0.3 is 0 Å². The van der Waals surface area contributed by atoms with Crippen molar-refractivity contribution in [1.29, 1.82) is 0 Å². The van der Waals surface area contributed by atoms with E-state index >= 15 is 0 Å². The van der Waals surface area contributed by atoms with Gasteiger partial charge in [-0.25, -0.2) is 0 Å². The van der Waals surface area contributed by atoms with Crippen LogP contribution in [0.15, 0.2) is 18.2 Å². The third-order valence-electron chi connectivity index (χ3n) is 3.46. The smallest absolute Gasteiger partial charge is 0.0642 e. The first-order chi connectivity index (χ1) is 7.74. The zero-order chi connectivity index (χ0) is 11.5. The first-order valence-electron chi connectivity index (χ1n) is 5.94. The van der Waals surface area contributed by atoms with Gasteiger partial charge in [0.15, 0.2) is 0 Å². The maximum atomic E-state index is 6.30. The molecule has 0 aromatic heterocycles. The van der Waals surface area contributed by atoms with E-state index in [0.717, 1.165) is 11.4 Å². The average molecular weight is 239 g/mol. The number of rotatable bonds is 4. The Hall–Kier alpha value is -0.730. The molecule has 0 aliphatic heterocycles. The molecular weight excluding hydrogens is 220 g/mol. The number of nitrogens with zero attached hydrogens (tertiary/aromatic N) is 1. The molecule has 3 heteroatoms. The second-order valence-electron chi connectivity index (χ2n) is 4.48. The minimum atomic E-state index is 0.663. The molecule has 1 aromatic carbocycles. The maximum Gasteiger partial charge on any atom is 0.0642 e. The summed E-state index contributed by atoms with van der Waals surface area (Å²) in [6.07, 6.45) is 4.80. The summed E-state index contributed by atoms with van der Waals surface area (Å²) >= 11 is 6.30. The van der Waals surface area contributed by atoms with Crippen molar-refractivity contribution in [2.75, 3.05) is 18.5 Å². The molecule has 0 unspecified atom stereocenters. The Bertz CT molecular complexity index is 361.